The normalized spacial score (nSPS) is 12.1. The molecule has 1 amide bonds. The zero-order valence-electron chi connectivity index (χ0n) is 15.6. The van der Waals surface area contributed by atoms with Gasteiger partial charge in [0, 0.05) is 29.4 Å². The summed E-state index contributed by atoms with van der Waals surface area (Å²) in [6.07, 6.45) is 0. The van der Waals surface area contributed by atoms with E-state index in [4.69, 9.17) is 0 Å². The molecule has 0 aliphatic heterocycles. The average Bonchev–Trinajstić information content (AvgIpc) is 2.70. The molecule has 1 unspecified atom stereocenters. The zero-order chi connectivity index (χ0) is 19.4. The van der Waals surface area contributed by atoms with E-state index in [0.29, 0.717) is 18.8 Å². The Labute approximate surface area is 162 Å². The van der Waals surface area contributed by atoms with Crippen molar-refractivity contribution >= 4 is 28.4 Å². The lowest BCUT2D eigenvalue weighted by molar-refractivity contribution is -0.129. The van der Waals surface area contributed by atoms with E-state index < -0.39 is 0 Å². The topological polar surface area (TPSA) is 46.1 Å². The highest BCUT2D eigenvalue weighted by Gasteiger charge is 2.21. The van der Waals surface area contributed by atoms with Crippen molar-refractivity contribution in [2.45, 2.75) is 31.0 Å². The van der Waals surface area contributed by atoms with Gasteiger partial charge in [0.25, 0.3) is 0 Å². The minimum Gasteiger partial charge on any atom is -0.342 e. The van der Waals surface area contributed by atoms with E-state index in [1.54, 1.807) is 12.1 Å². The minimum atomic E-state index is -0.285. The van der Waals surface area contributed by atoms with Gasteiger partial charge in [-0.3, -0.25) is 4.79 Å². The molecular formula is C21H22FN3OS. The van der Waals surface area contributed by atoms with E-state index in [2.05, 4.69) is 10.2 Å². The number of hydrogen-bond donors (Lipinski definition) is 0. The van der Waals surface area contributed by atoms with E-state index >= 15 is 0 Å². The number of hydrogen-bond acceptors (Lipinski definition) is 4. The molecule has 3 rings (SSSR count). The molecule has 0 N–H and O–H groups in total. The molecule has 0 saturated carbocycles. The van der Waals surface area contributed by atoms with Crippen LogP contribution in [-0.2, 0) is 4.79 Å². The molecule has 6 heteroatoms. The van der Waals surface area contributed by atoms with Crippen molar-refractivity contribution in [3.63, 3.8) is 0 Å². The lowest BCUT2D eigenvalue weighted by atomic mass is 10.1. The first kappa shape index (κ1) is 19.3. The van der Waals surface area contributed by atoms with Crippen LogP contribution in [0.2, 0.25) is 0 Å². The molecule has 0 aliphatic carbocycles. The summed E-state index contributed by atoms with van der Waals surface area (Å²) >= 11 is 1.42. The summed E-state index contributed by atoms with van der Waals surface area (Å²) in [5.41, 5.74) is 1.52. The number of nitrogens with zero attached hydrogens (tertiary/aromatic N) is 3. The van der Waals surface area contributed by atoms with E-state index in [0.717, 1.165) is 21.4 Å². The molecule has 0 spiro atoms. The Hall–Kier alpha value is -2.47. The quantitative estimate of drug-likeness (QED) is 0.575. The van der Waals surface area contributed by atoms with E-state index in [1.807, 2.05) is 49.9 Å². The monoisotopic (exact) mass is 383 g/mol. The maximum Gasteiger partial charge on any atom is 0.235 e. The van der Waals surface area contributed by atoms with E-state index in [-0.39, 0.29) is 17.0 Å². The number of rotatable bonds is 6. The molecule has 1 aromatic heterocycles. The van der Waals surface area contributed by atoms with E-state index in [1.165, 1.54) is 23.9 Å². The highest BCUT2D eigenvalue weighted by atomic mass is 32.2. The van der Waals surface area contributed by atoms with Crippen LogP contribution in [0.5, 0.6) is 0 Å². The fourth-order valence-corrected chi connectivity index (χ4v) is 3.98. The van der Waals surface area contributed by atoms with Gasteiger partial charge >= 0.3 is 0 Å². The fourth-order valence-electron chi connectivity index (χ4n) is 3.00. The van der Waals surface area contributed by atoms with Gasteiger partial charge in [-0.25, -0.2) is 4.39 Å². The van der Waals surface area contributed by atoms with Crippen LogP contribution in [-0.4, -0.2) is 39.3 Å². The summed E-state index contributed by atoms with van der Waals surface area (Å²) in [4.78, 5) is 14.4. The van der Waals surface area contributed by atoms with Gasteiger partial charge in [0.05, 0.1) is 5.25 Å². The Morgan fingerprint density at radius 3 is 2.30 bits per heavy atom. The molecule has 140 valence electrons. The molecule has 0 fully saturated rings. The Morgan fingerprint density at radius 1 is 1.04 bits per heavy atom. The van der Waals surface area contributed by atoms with Crippen LogP contribution < -0.4 is 0 Å². The molecule has 0 radical (unpaired) electrons. The van der Waals surface area contributed by atoms with E-state index in [9.17, 15) is 9.18 Å². The Bertz CT molecular complexity index is 942. The number of thioether (sulfide) groups is 1. The molecule has 2 aromatic carbocycles. The predicted molar refractivity (Wildman–Crippen MR) is 108 cm³/mol. The van der Waals surface area contributed by atoms with Crippen molar-refractivity contribution in [2.24, 2.45) is 0 Å². The Balaban J connectivity index is 1.98. The summed E-state index contributed by atoms with van der Waals surface area (Å²) in [7, 11) is 0. The largest absolute Gasteiger partial charge is 0.342 e. The predicted octanol–water partition coefficient (Wildman–Crippen LogP) is 4.78. The number of carbonyl (C=O) groups excluding carboxylic acids is 1. The summed E-state index contributed by atoms with van der Waals surface area (Å²) in [6.45, 7) is 7.24. The van der Waals surface area contributed by atoms with Gasteiger partial charge in [0.1, 0.15) is 16.5 Å². The first-order chi connectivity index (χ1) is 13.0. The molecule has 0 saturated heterocycles. The molecule has 0 bridgehead atoms. The summed E-state index contributed by atoms with van der Waals surface area (Å²) < 4.78 is 13.2. The van der Waals surface area contributed by atoms with Gasteiger partial charge in [0.15, 0.2) is 0 Å². The standard InChI is InChI=1S/C21H22FN3OS/c1-4-25(5-2)21(26)14(3)27-20-18-9-7-6-8-17(18)19(23-24-20)15-10-12-16(22)13-11-15/h6-14H,4-5H2,1-3H3. The summed E-state index contributed by atoms with van der Waals surface area (Å²) in [5.74, 6) is -0.189. The molecule has 1 atom stereocenters. The van der Waals surface area contributed by atoms with Gasteiger partial charge in [-0.2, -0.15) is 0 Å². The van der Waals surface area contributed by atoms with Crippen molar-refractivity contribution in [2.75, 3.05) is 13.1 Å². The van der Waals surface area contributed by atoms with Gasteiger partial charge in [0.2, 0.25) is 5.91 Å². The van der Waals surface area contributed by atoms with Crippen molar-refractivity contribution in [1.29, 1.82) is 0 Å². The molecule has 3 aromatic rings. The van der Waals surface area contributed by atoms with Gasteiger partial charge in [-0.1, -0.05) is 36.0 Å². The van der Waals surface area contributed by atoms with Gasteiger partial charge in [-0.05, 0) is 45.0 Å². The highest BCUT2D eigenvalue weighted by Crippen LogP contribution is 2.33. The number of aromatic nitrogens is 2. The van der Waals surface area contributed by atoms with Crippen LogP contribution in [0.3, 0.4) is 0 Å². The molecule has 1 heterocycles. The molecule has 4 nitrogen and oxygen atoms in total. The maximum atomic E-state index is 13.2. The van der Waals surface area contributed by atoms with Crippen LogP contribution in [0.4, 0.5) is 4.39 Å². The molecule has 27 heavy (non-hydrogen) atoms. The lowest BCUT2D eigenvalue weighted by Crippen LogP contribution is -2.36. The summed E-state index contributed by atoms with van der Waals surface area (Å²) in [6, 6.07) is 14.1. The third kappa shape index (κ3) is 4.11. The van der Waals surface area contributed by atoms with Crippen LogP contribution in [0.15, 0.2) is 53.6 Å². The average molecular weight is 383 g/mol. The Morgan fingerprint density at radius 2 is 1.67 bits per heavy atom. The second kappa shape index (κ2) is 8.48. The highest BCUT2D eigenvalue weighted by molar-refractivity contribution is 8.00. The van der Waals surface area contributed by atoms with Crippen molar-refractivity contribution in [3.8, 4) is 11.3 Å². The number of benzene rings is 2. The number of carbonyl (C=O) groups is 1. The minimum absolute atomic E-state index is 0.0958. The third-order valence-corrected chi connectivity index (χ3v) is 5.56. The van der Waals surface area contributed by atoms with Gasteiger partial charge in [-0.15, -0.1) is 10.2 Å². The maximum absolute atomic E-state index is 13.2. The third-order valence-electron chi connectivity index (χ3n) is 4.48. The SMILES string of the molecule is CCN(CC)C(=O)C(C)Sc1nnc(-c2ccc(F)cc2)c2ccccc12. The van der Waals surface area contributed by atoms with Crippen molar-refractivity contribution in [1.82, 2.24) is 15.1 Å². The van der Waals surface area contributed by atoms with Crippen LogP contribution in [0.25, 0.3) is 22.0 Å². The fraction of sp³-hybridized carbons (Fsp3) is 0.286. The van der Waals surface area contributed by atoms with Crippen molar-refractivity contribution < 1.29 is 9.18 Å². The first-order valence-corrected chi connectivity index (χ1v) is 9.89. The molecular weight excluding hydrogens is 361 g/mol. The summed E-state index contributed by atoms with van der Waals surface area (Å²) in [5, 5.41) is 11.1. The second-order valence-electron chi connectivity index (χ2n) is 6.18. The first-order valence-electron chi connectivity index (χ1n) is 9.02. The number of amides is 1. The van der Waals surface area contributed by atoms with Crippen LogP contribution >= 0.6 is 11.8 Å². The van der Waals surface area contributed by atoms with Crippen LogP contribution in [0.1, 0.15) is 20.8 Å². The molecule has 0 aliphatic rings. The Kier molecular flexibility index (Phi) is 6.06. The number of halogens is 1. The zero-order valence-corrected chi connectivity index (χ0v) is 16.5. The van der Waals surface area contributed by atoms with Crippen LogP contribution in [0, 0.1) is 5.82 Å². The number of fused-ring (bicyclic) bond motifs is 1. The van der Waals surface area contributed by atoms with Crippen molar-refractivity contribution in [3.05, 3.63) is 54.3 Å². The van der Waals surface area contributed by atoms with Gasteiger partial charge < -0.3 is 4.90 Å². The smallest absolute Gasteiger partial charge is 0.235 e. The lowest BCUT2D eigenvalue weighted by Gasteiger charge is -2.22. The second-order valence-corrected chi connectivity index (χ2v) is 7.51.